The number of carbonyl (C=O) groups is 1. The summed E-state index contributed by atoms with van der Waals surface area (Å²) in [6, 6.07) is 11.5. The maximum atomic E-state index is 12.8. The van der Waals surface area contributed by atoms with Gasteiger partial charge < -0.3 is 14.7 Å². The van der Waals surface area contributed by atoms with Crippen molar-refractivity contribution in [3.05, 3.63) is 63.1 Å². The number of nitrogens with zero attached hydrogens (tertiary/aromatic N) is 1. The van der Waals surface area contributed by atoms with E-state index in [1.54, 1.807) is 11.0 Å². The molecule has 126 valence electrons. The Morgan fingerprint density at radius 2 is 1.92 bits per heavy atom. The maximum Gasteiger partial charge on any atom is 0.257 e. The molecule has 2 aromatic carbocycles. The Hall–Kier alpha value is -1.85. The van der Waals surface area contributed by atoms with Crippen LogP contribution in [0.3, 0.4) is 0 Å². The van der Waals surface area contributed by atoms with E-state index < -0.39 is 0 Å². The molecular weight excluding hydrogens is 370 g/mol. The van der Waals surface area contributed by atoms with Crippen molar-refractivity contribution in [2.45, 2.75) is 20.0 Å². The summed E-state index contributed by atoms with van der Waals surface area (Å²) < 4.78 is 6.83. The molecule has 3 rings (SSSR count). The molecule has 24 heavy (non-hydrogen) atoms. The Bertz CT molecular complexity index is 758. The molecule has 1 aliphatic heterocycles. The molecule has 2 aromatic rings. The van der Waals surface area contributed by atoms with E-state index in [0.717, 1.165) is 21.2 Å². The molecule has 1 aliphatic rings. The lowest BCUT2D eigenvalue weighted by Crippen LogP contribution is -2.42. The second-order valence-corrected chi connectivity index (χ2v) is 6.98. The molecule has 1 unspecified atom stereocenters. The van der Waals surface area contributed by atoms with Gasteiger partial charge in [0.15, 0.2) is 0 Å². The van der Waals surface area contributed by atoms with E-state index in [1.807, 2.05) is 44.2 Å². The summed E-state index contributed by atoms with van der Waals surface area (Å²) in [4.78, 5) is 14.6. The number of rotatable bonds is 2. The first kappa shape index (κ1) is 17.0. The van der Waals surface area contributed by atoms with Crippen molar-refractivity contribution in [3.8, 4) is 5.75 Å². The minimum atomic E-state index is -0.152. The lowest BCUT2D eigenvalue weighted by Gasteiger charge is -2.33. The van der Waals surface area contributed by atoms with Crippen molar-refractivity contribution >= 4 is 21.8 Å². The smallest absolute Gasteiger partial charge is 0.257 e. The number of halogens is 1. The fourth-order valence-corrected chi connectivity index (χ4v) is 3.12. The van der Waals surface area contributed by atoms with Crippen LogP contribution in [-0.2, 0) is 4.74 Å². The van der Waals surface area contributed by atoms with Gasteiger partial charge in [0.05, 0.1) is 18.7 Å². The third kappa shape index (κ3) is 3.32. The number of hydrogen-bond acceptors (Lipinski definition) is 3. The number of phenolic OH excluding ortho intramolecular Hbond substituents is 1. The highest BCUT2D eigenvalue weighted by atomic mass is 79.9. The highest BCUT2D eigenvalue weighted by molar-refractivity contribution is 9.10. The number of aromatic hydroxyl groups is 1. The summed E-state index contributed by atoms with van der Waals surface area (Å²) in [5, 5.41) is 10.3. The van der Waals surface area contributed by atoms with Crippen molar-refractivity contribution in [2.24, 2.45) is 0 Å². The van der Waals surface area contributed by atoms with Gasteiger partial charge in [0.2, 0.25) is 0 Å². The van der Waals surface area contributed by atoms with Crippen molar-refractivity contribution < 1.29 is 14.6 Å². The van der Waals surface area contributed by atoms with Crippen LogP contribution in [0.1, 0.15) is 33.2 Å². The topological polar surface area (TPSA) is 49.8 Å². The van der Waals surface area contributed by atoms with E-state index in [0.29, 0.717) is 25.3 Å². The first-order valence-corrected chi connectivity index (χ1v) is 8.72. The minimum Gasteiger partial charge on any atom is -0.507 e. The van der Waals surface area contributed by atoms with E-state index in [9.17, 15) is 9.90 Å². The summed E-state index contributed by atoms with van der Waals surface area (Å²) in [6.45, 7) is 5.23. The molecule has 1 atom stereocenters. The van der Waals surface area contributed by atoms with Crippen LogP contribution in [0.15, 0.2) is 40.9 Å². The number of carbonyl (C=O) groups excluding carboxylic acids is 1. The molecule has 0 bridgehead atoms. The molecular formula is C19H20BrNO3. The van der Waals surface area contributed by atoms with Crippen LogP contribution in [0.4, 0.5) is 0 Å². The Kier molecular flexibility index (Phi) is 4.92. The lowest BCUT2D eigenvalue weighted by atomic mass is 10.0. The van der Waals surface area contributed by atoms with Gasteiger partial charge in [-0.05, 0) is 48.7 Å². The predicted molar refractivity (Wildman–Crippen MR) is 96.3 cm³/mol. The summed E-state index contributed by atoms with van der Waals surface area (Å²) in [7, 11) is 0. The summed E-state index contributed by atoms with van der Waals surface area (Å²) in [6.07, 6.45) is -0.149. The number of aryl methyl sites for hydroxylation is 1. The zero-order valence-electron chi connectivity index (χ0n) is 13.8. The minimum absolute atomic E-state index is 0.0756. The van der Waals surface area contributed by atoms with E-state index in [4.69, 9.17) is 4.74 Å². The Morgan fingerprint density at radius 1 is 1.21 bits per heavy atom. The van der Waals surface area contributed by atoms with E-state index in [1.165, 1.54) is 0 Å². The first-order valence-electron chi connectivity index (χ1n) is 7.93. The quantitative estimate of drug-likeness (QED) is 0.844. The molecule has 1 saturated heterocycles. The molecule has 1 heterocycles. The zero-order valence-corrected chi connectivity index (χ0v) is 15.3. The van der Waals surface area contributed by atoms with Crippen LogP contribution in [0.2, 0.25) is 0 Å². The molecule has 1 fully saturated rings. The highest BCUT2D eigenvalue weighted by Gasteiger charge is 2.27. The first-order chi connectivity index (χ1) is 11.5. The van der Waals surface area contributed by atoms with Crippen LogP contribution in [0.5, 0.6) is 5.75 Å². The molecule has 0 aromatic heterocycles. The molecule has 4 nitrogen and oxygen atoms in total. The van der Waals surface area contributed by atoms with Gasteiger partial charge in [0, 0.05) is 11.0 Å². The third-order valence-electron chi connectivity index (χ3n) is 4.53. The van der Waals surface area contributed by atoms with Gasteiger partial charge in [-0.2, -0.15) is 0 Å². The molecule has 1 amide bonds. The monoisotopic (exact) mass is 389 g/mol. The molecule has 0 radical (unpaired) electrons. The van der Waals surface area contributed by atoms with Gasteiger partial charge >= 0.3 is 0 Å². The van der Waals surface area contributed by atoms with Gasteiger partial charge in [-0.3, -0.25) is 4.79 Å². The van der Waals surface area contributed by atoms with Crippen LogP contribution < -0.4 is 0 Å². The average Bonchev–Trinajstić information content (AvgIpc) is 2.60. The van der Waals surface area contributed by atoms with E-state index in [-0.39, 0.29) is 17.8 Å². The average molecular weight is 390 g/mol. The lowest BCUT2D eigenvalue weighted by molar-refractivity contribution is -0.0229. The van der Waals surface area contributed by atoms with Gasteiger partial charge in [-0.25, -0.2) is 0 Å². The second-order valence-electron chi connectivity index (χ2n) is 6.07. The summed E-state index contributed by atoms with van der Waals surface area (Å²) >= 11 is 3.42. The molecule has 5 heteroatoms. The summed E-state index contributed by atoms with van der Waals surface area (Å²) in [5.74, 6) is -0.0762. The zero-order chi connectivity index (χ0) is 17.3. The van der Waals surface area contributed by atoms with Gasteiger partial charge in [0.1, 0.15) is 11.9 Å². The number of morpholine rings is 1. The Labute approximate surface area is 150 Å². The number of amides is 1. The Balaban J connectivity index is 1.81. The number of benzene rings is 2. The van der Waals surface area contributed by atoms with Crippen LogP contribution >= 0.6 is 15.9 Å². The fraction of sp³-hybridized carbons (Fsp3) is 0.316. The van der Waals surface area contributed by atoms with Crippen LogP contribution in [-0.4, -0.2) is 35.6 Å². The van der Waals surface area contributed by atoms with Gasteiger partial charge in [-0.1, -0.05) is 34.1 Å². The van der Waals surface area contributed by atoms with Crippen molar-refractivity contribution in [2.75, 3.05) is 19.7 Å². The number of hydrogen-bond donors (Lipinski definition) is 1. The largest absolute Gasteiger partial charge is 0.507 e. The van der Waals surface area contributed by atoms with Gasteiger partial charge in [0.25, 0.3) is 5.91 Å². The molecule has 0 aliphatic carbocycles. The molecule has 0 spiro atoms. The number of ether oxygens (including phenoxy) is 1. The van der Waals surface area contributed by atoms with Crippen molar-refractivity contribution in [1.29, 1.82) is 0 Å². The normalized spacial score (nSPS) is 17.8. The maximum absolute atomic E-state index is 12.8. The van der Waals surface area contributed by atoms with Crippen LogP contribution in [0.25, 0.3) is 0 Å². The predicted octanol–water partition coefficient (Wildman–Crippen LogP) is 3.99. The molecule has 1 N–H and O–H groups in total. The van der Waals surface area contributed by atoms with Crippen LogP contribution in [0, 0.1) is 13.8 Å². The van der Waals surface area contributed by atoms with E-state index in [2.05, 4.69) is 15.9 Å². The second kappa shape index (κ2) is 6.95. The van der Waals surface area contributed by atoms with Crippen molar-refractivity contribution in [3.63, 3.8) is 0 Å². The fourth-order valence-electron chi connectivity index (χ4n) is 2.86. The SMILES string of the molecule is Cc1ccc(C(=O)N2CCOC(c3ccc(Br)cc3)C2)c(O)c1C. The van der Waals surface area contributed by atoms with E-state index >= 15 is 0 Å². The summed E-state index contributed by atoms with van der Waals surface area (Å²) in [5.41, 5.74) is 3.12. The highest BCUT2D eigenvalue weighted by Crippen LogP contribution is 2.29. The number of phenols is 1. The van der Waals surface area contributed by atoms with Gasteiger partial charge in [-0.15, -0.1) is 0 Å². The third-order valence-corrected chi connectivity index (χ3v) is 5.06. The Morgan fingerprint density at radius 3 is 2.62 bits per heavy atom. The molecule has 0 saturated carbocycles. The van der Waals surface area contributed by atoms with Crippen molar-refractivity contribution in [1.82, 2.24) is 4.90 Å². The standard InChI is InChI=1S/C19H20BrNO3/c1-12-3-8-16(18(22)13(12)2)19(23)21-9-10-24-17(11-21)14-4-6-15(20)7-5-14/h3-8,17,22H,9-11H2,1-2H3.